The second-order valence-corrected chi connectivity index (χ2v) is 8.11. The number of aliphatic hydroxyl groups excluding tert-OH is 1. The summed E-state index contributed by atoms with van der Waals surface area (Å²) in [4.78, 5) is 54.0. The predicted molar refractivity (Wildman–Crippen MR) is 124 cm³/mol. The van der Waals surface area contributed by atoms with Gasteiger partial charge in [-0.2, -0.15) is 4.99 Å². The standard InChI is InChI=1S/C23H28N6O6/c1-15(2)35-19(32)11-28(9-16(3)30)18(31)10-29-14-26-21-20(24-13-25-21)22(29)27-23(33)34-12-17-7-5-4-6-8-17/h4-8,13-16,30H,9-12H2,1-3H3,(H,24,25). The van der Waals surface area contributed by atoms with Crippen molar-refractivity contribution in [3.8, 4) is 0 Å². The number of aliphatic hydroxyl groups is 1. The number of nitrogens with zero attached hydrogens (tertiary/aromatic N) is 5. The second-order valence-electron chi connectivity index (χ2n) is 8.11. The van der Waals surface area contributed by atoms with E-state index in [2.05, 4.69) is 19.9 Å². The zero-order valence-corrected chi connectivity index (χ0v) is 19.7. The number of hydrogen-bond acceptors (Lipinski definition) is 8. The summed E-state index contributed by atoms with van der Waals surface area (Å²) in [7, 11) is 0. The van der Waals surface area contributed by atoms with Gasteiger partial charge in [0.1, 0.15) is 25.2 Å². The summed E-state index contributed by atoms with van der Waals surface area (Å²) < 4.78 is 11.7. The van der Waals surface area contributed by atoms with Gasteiger partial charge >= 0.3 is 12.1 Å². The van der Waals surface area contributed by atoms with Crippen LogP contribution in [0.15, 0.2) is 48.0 Å². The Kier molecular flexibility index (Phi) is 8.68. The van der Waals surface area contributed by atoms with E-state index >= 15 is 0 Å². The number of fused-ring (bicyclic) bond motifs is 1. The van der Waals surface area contributed by atoms with Crippen molar-refractivity contribution in [1.29, 1.82) is 0 Å². The summed E-state index contributed by atoms with van der Waals surface area (Å²) in [5, 5.41) is 9.81. The fraction of sp³-hybridized carbons (Fsp3) is 0.391. The maximum Gasteiger partial charge on any atom is 0.435 e. The molecular weight excluding hydrogens is 456 g/mol. The number of nitrogens with one attached hydrogen (secondary N) is 1. The zero-order valence-electron chi connectivity index (χ0n) is 19.7. The van der Waals surface area contributed by atoms with Gasteiger partial charge in [0.05, 0.1) is 24.9 Å². The number of amides is 2. The van der Waals surface area contributed by atoms with E-state index in [1.165, 1.54) is 29.0 Å². The average Bonchev–Trinajstić information content (AvgIpc) is 3.28. The second kappa shape index (κ2) is 11.9. The van der Waals surface area contributed by atoms with Crippen LogP contribution in [0.4, 0.5) is 4.79 Å². The molecule has 35 heavy (non-hydrogen) atoms. The third-order valence-corrected chi connectivity index (χ3v) is 4.67. The van der Waals surface area contributed by atoms with Gasteiger partial charge in [0.15, 0.2) is 11.1 Å². The molecule has 186 valence electrons. The fourth-order valence-corrected chi connectivity index (χ4v) is 3.22. The van der Waals surface area contributed by atoms with Crippen LogP contribution in [0.5, 0.6) is 0 Å². The lowest BCUT2D eigenvalue weighted by Gasteiger charge is -2.24. The first kappa shape index (κ1) is 25.6. The number of ether oxygens (including phenoxy) is 2. The maximum absolute atomic E-state index is 13.1. The number of rotatable bonds is 9. The van der Waals surface area contributed by atoms with E-state index in [4.69, 9.17) is 9.47 Å². The summed E-state index contributed by atoms with van der Waals surface area (Å²) in [6, 6.07) is 9.13. The normalized spacial score (nSPS) is 12.5. The first-order valence-electron chi connectivity index (χ1n) is 11.0. The van der Waals surface area contributed by atoms with Crippen molar-refractivity contribution < 1.29 is 29.0 Å². The van der Waals surface area contributed by atoms with Crippen LogP contribution in [0, 0.1) is 0 Å². The van der Waals surface area contributed by atoms with Crippen molar-refractivity contribution in [1.82, 2.24) is 24.4 Å². The summed E-state index contributed by atoms with van der Waals surface area (Å²) in [5.74, 6) is -1.11. The van der Waals surface area contributed by atoms with E-state index < -0.39 is 24.1 Å². The highest BCUT2D eigenvalue weighted by Gasteiger charge is 2.21. The lowest BCUT2D eigenvalue weighted by Crippen LogP contribution is -2.44. The third-order valence-electron chi connectivity index (χ3n) is 4.67. The molecule has 0 bridgehead atoms. The maximum atomic E-state index is 13.1. The van der Waals surface area contributed by atoms with E-state index in [0.29, 0.717) is 11.2 Å². The number of carbonyl (C=O) groups is 3. The van der Waals surface area contributed by atoms with E-state index in [1.807, 2.05) is 30.3 Å². The van der Waals surface area contributed by atoms with Crippen LogP contribution in [0.2, 0.25) is 0 Å². The smallest absolute Gasteiger partial charge is 0.435 e. The Hall–Kier alpha value is -4.06. The van der Waals surface area contributed by atoms with E-state index in [1.54, 1.807) is 13.8 Å². The Bertz CT molecular complexity index is 1230. The molecule has 0 fully saturated rings. The first-order valence-corrected chi connectivity index (χ1v) is 11.0. The van der Waals surface area contributed by atoms with Crippen LogP contribution in [-0.2, 0) is 32.2 Å². The molecule has 0 radical (unpaired) electrons. The van der Waals surface area contributed by atoms with Crippen molar-refractivity contribution in [3.63, 3.8) is 0 Å². The van der Waals surface area contributed by atoms with E-state index in [0.717, 1.165) is 5.56 Å². The number of esters is 1. The molecule has 3 rings (SSSR count). The lowest BCUT2D eigenvalue weighted by atomic mass is 10.2. The van der Waals surface area contributed by atoms with Crippen LogP contribution < -0.4 is 5.49 Å². The lowest BCUT2D eigenvalue weighted by molar-refractivity contribution is -0.153. The van der Waals surface area contributed by atoms with Crippen LogP contribution in [0.25, 0.3) is 11.2 Å². The first-order chi connectivity index (χ1) is 16.7. The molecule has 0 saturated heterocycles. The topological polar surface area (TPSA) is 152 Å². The largest absolute Gasteiger partial charge is 0.462 e. The Balaban J connectivity index is 1.85. The summed E-state index contributed by atoms with van der Waals surface area (Å²) in [6.07, 6.45) is 0.622. The molecule has 2 aromatic heterocycles. The molecule has 0 spiro atoms. The van der Waals surface area contributed by atoms with Crippen molar-refractivity contribution in [3.05, 3.63) is 54.0 Å². The number of hydrogen-bond donors (Lipinski definition) is 2. The number of benzene rings is 1. The molecular formula is C23H28N6O6. The van der Waals surface area contributed by atoms with Crippen molar-refractivity contribution >= 4 is 29.1 Å². The highest BCUT2D eigenvalue weighted by molar-refractivity contribution is 5.82. The highest BCUT2D eigenvalue weighted by atomic mass is 16.5. The van der Waals surface area contributed by atoms with Crippen molar-refractivity contribution in [2.24, 2.45) is 4.99 Å². The van der Waals surface area contributed by atoms with Crippen LogP contribution >= 0.6 is 0 Å². The number of aromatic nitrogens is 4. The molecule has 0 aliphatic heterocycles. The minimum atomic E-state index is -0.874. The number of carbonyl (C=O) groups excluding carboxylic acids is 3. The number of aromatic amines is 1. The molecule has 0 saturated carbocycles. The Labute approximate surface area is 201 Å². The summed E-state index contributed by atoms with van der Waals surface area (Å²) in [6.45, 7) is 4.19. The Morgan fingerprint density at radius 1 is 1.17 bits per heavy atom. The zero-order chi connectivity index (χ0) is 25.4. The summed E-state index contributed by atoms with van der Waals surface area (Å²) in [5.41, 5.74) is 1.51. The Morgan fingerprint density at radius 3 is 2.60 bits per heavy atom. The predicted octanol–water partition coefficient (Wildman–Crippen LogP) is 1.16. The summed E-state index contributed by atoms with van der Waals surface area (Å²) >= 11 is 0. The molecule has 2 heterocycles. The SMILES string of the molecule is CC(O)CN(CC(=O)OC(C)C)C(=O)Cn1cnc2nc[nH]c2c1=NC(=O)OCc1ccccc1. The van der Waals surface area contributed by atoms with Crippen LogP contribution in [0.1, 0.15) is 26.3 Å². The molecule has 3 aromatic rings. The minimum absolute atomic E-state index is 0.0272. The molecule has 1 unspecified atom stereocenters. The molecule has 1 aromatic carbocycles. The van der Waals surface area contributed by atoms with Gasteiger partial charge in [0, 0.05) is 6.54 Å². The van der Waals surface area contributed by atoms with Gasteiger partial charge in [-0.3, -0.25) is 9.59 Å². The minimum Gasteiger partial charge on any atom is -0.462 e. The molecule has 0 aliphatic carbocycles. The monoisotopic (exact) mass is 484 g/mol. The van der Waals surface area contributed by atoms with Gasteiger partial charge in [-0.05, 0) is 26.3 Å². The number of H-pyrrole nitrogens is 1. The van der Waals surface area contributed by atoms with Gasteiger partial charge in [-0.25, -0.2) is 14.8 Å². The third kappa shape index (κ3) is 7.47. The van der Waals surface area contributed by atoms with Gasteiger partial charge in [0.25, 0.3) is 0 Å². The molecule has 2 amide bonds. The molecule has 12 heteroatoms. The van der Waals surface area contributed by atoms with Crippen LogP contribution in [0.3, 0.4) is 0 Å². The Morgan fingerprint density at radius 2 is 1.91 bits per heavy atom. The van der Waals surface area contributed by atoms with E-state index in [-0.39, 0.29) is 37.8 Å². The van der Waals surface area contributed by atoms with Crippen LogP contribution in [-0.4, -0.2) is 72.8 Å². The molecule has 1 atom stereocenters. The number of imidazole rings is 1. The molecule has 0 aliphatic rings. The average molecular weight is 485 g/mol. The van der Waals surface area contributed by atoms with Crippen molar-refractivity contribution in [2.75, 3.05) is 13.1 Å². The highest BCUT2D eigenvalue weighted by Crippen LogP contribution is 2.04. The fourth-order valence-electron chi connectivity index (χ4n) is 3.22. The van der Waals surface area contributed by atoms with E-state index in [9.17, 15) is 19.5 Å². The van der Waals surface area contributed by atoms with Gasteiger partial charge < -0.3 is 29.0 Å². The molecule has 2 N–H and O–H groups in total. The van der Waals surface area contributed by atoms with Crippen molar-refractivity contribution in [2.45, 2.75) is 46.1 Å². The van der Waals surface area contributed by atoms with Gasteiger partial charge in [-0.1, -0.05) is 30.3 Å². The van der Waals surface area contributed by atoms with Gasteiger partial charge in [-0.15, -0.1) is 0 Å². The van der Waals surface area contributed by atoms with Gasteiger partial charge in [0.2, 0.25) is 5.91 Å². The quantitative estimate of drug-likeness (QED) is 0.429. The molecule has 12 nitrogen and oxygen atoms in total.